The van der Waals surface area contributed by atoms with E-state index in [4.69, 9.17) is 4.74 Å². The Morgan fingerprint density at radius 2 is 1.87 bits per heavy atom. The molecular weight excluding hydrogens is 380 g/mol. The van der Waals surface area contributed by atoms with Crippen molar-refractivity contribution in [3.05, 3.63) is 76.1 Å². The van der Waals surface area contributed by atoms with Crippen LogP contribution >= 0.6 is 0 Å². The third-order valence-electron chi connectivity index (χ3n) is 4.75. The smallest absolute Gasteiger partial charge is 0.407 e. The van der Waals surface area contributed by atoms with Crippen LogP contribution in [-0.4, -0.2) is 23.4 Å². The highest BCUT2D eigenvalue weighted by atomic mass is 16.5. The fraction of sp³-hybridized carbons (Fsp3) is 0.261. The van der Waals surface area contributed by atoms with Gasteiger partial charge in [0.15, 0.2) is 0 Å². The molecule has 0 aliphatic rings. The highest BCUT2D eigenvalue weighted by Crippen LogP contribution is 2.24. The van der Waals surface area contributed by atoms with Gasteiger partial charge in [-0.1, -0.05) is 48.5 Å². The molecule has 156 valence electrons. The number of carbonyl (C=O) groups excluding carboxylic acids is 1. The number of hydrazone groups is 1. The SMILES string of the molecule is C/C=N/Nc1c(C)c(=O)n(CCCNC(=O)OCc2ccccc2)c2ccccc12. The summed E-state index contributed by atoms with van der Waals surface area (Å²) < 4.78 is 6.95. The predicted molar refractivity (Wildman–Crippen MR) is 120 cm³/mol. The molecule has 3 rings (SSSR count). The number of para-hydroxylation sites is 1. The second kappa shape index (κ2) is 10.2. The molecule has 2 aromatic carbocycles. The van der Waals surface area contributed by atoms with Crippen LogP contribution in [0.15, 0.2) is 64.5 Å². The molecule has 0 spiro atoms. The van der Waals surface area contributed by atoms with E-state index in [0.29, 0.717) is 30.8 Å². The van der Waals surface area contributed by atoms with Crippen LogP contribution in [0, 0.1) is 6.92 Å². The molecule has 3 aromatic rings. The second-order valence-electron chi connectivity index (χ2n) is 6.82. The van der Waals surface area contributed by atoms with E-state index < -0.39 is 6.09 Å². The van der Waals surface area contributed by atoms with Crippen molar-refractivity contribution < 1.29 is 9.53 Å². The highest BCUT2D eigenvalue weighted by molar-refractivity contribution is 5.93. The number of amides is 1. The molecular formula is C23H26N4O3. The highest BCUT2D eigenvalue weighted by Gasteiger charge is 2.13. The van der Waals surface area contributed by atoms with Gasteiger partial charge in [-0.2, -0.15) is 5.10 Å². The number of benzene rings is 2. The van der Waals surface area contributed by atoms with E-state index >= 15 is 0 Å². The first-order valence-corrected chi connectivity index (χ1v) is 9.92. The van der Waals surface area contributed by atoms with E-state index in [0.717, 1.165) is 16.5 Å². The van der Waals surface area contributed by atoms with Crippen molar-refractivity contribution in [2.24, 2.45) is 5.10 Å². The number of hydrogen-bond acceptors (Lipinski definition) is 5. The predicted octanol–water partition coefficient (Wildman–Crippen LogP) is 4.04. The minimum Gasteiger partial charge on any atom is -0.445 e. The number of hydrogen-bond donors (Lipinski definition) is 2. The van der Waals surface area contributed by atoms with Crippen molar-refractivity contribution >= 4 is 28.9 Å². The lowest BCUT2D eigenvalue weighted by Gasteiger charge is -2.16. The molecule has 2 N–H and O–H groups in total. The van der Waals surface area contributed by atoms with Crippen LogP contribution in [0.4, 0.5) is 10.5 Å². The van der Waals surface area contributed by atoms with Crippen molar-refractivity contribution in [2.75, 3.05) is 12.0 Å². The van der Waals surface area contributed by atoms with Gasteiger partial charge in [0, 0.05) is 30.3 Å². The summed E-state index contributed by atoms with van der Waals surface area (Å²) in [6, 6.07) is 17.2. The fourth-order valence-corrected chi connectivity index (χ4v) is 3.24. The maximum atomic E-state index is 12.9. The molecule has 0 radical (unpaired) electrons. The van der Waals surface area contributed by atoms with Crippen LogP contribution in [0.5, 0.6) is 0 Å². The summed E-state index contributed by atoms with van der Waals surface area (Å²) >= 11 is 0. The number of nitrogens with one attached hydrogen (secondary N) is 2. The molecule has 0 aliphatic heterocycles. The number of alkyl carbamates (subject to hydrolysis) is 1. The molecule has 0 bridgehead atoms. The van der Waals surface area contributed by atoms with Crippen molar-refractivity contribution in [1.82, 2.24) is 9.88 Å². The number of ether oxygens (including phenoxy) is 1. The maximum Gasteiger partial charge on any atom is 0.407 e. The Morgan fingerprint density at radius 3 is 2.63 bits per heavy atom. The van der Waals surface area contributed by atoms with Crippen LogP contribution in [0.1, 0.15) is 24.5 Å². The van der Waals surface area contributed by atoms with Gasteiger partial charge in [0.2, 0.25) is 0 Å². The van der Waals surface area contributed by atoms with E-state index in [2.05, 4.69) is 15.8 Å². The van der Waals surface area contributed by atoms with Crippen molar-refractivity contribution in [3.63, 3.8) is 0 Å². The van der Waals surface area contributed by atoms with Crippen LogP contribution in [0.3, 0.4) is 0 Å². The van der Waals surface area contributed by atoms with Gasteiger partial charge in [0.25, 0.3) is 5.56 Å². The third kappa shape index (κ3) is 5.05. The largest absolute Gasteiger partial charge is 0.445 e. The van der Waals surface area contributed by atoms with Crippen LogP contribution in [0.25, 0.3) is 10.9 Å². The van der Waals surface area contributed by atoms with Gasteiger partial charge in [0.05, 0.1) is 11.2 Å². The first-order chi connectivity index (χ1) is 14.6. The average Bonchev–Trinajstić information content (AvgIpc) is 2.78. The summed E-state index contributed by atoms with van der Waals surface area (Å²) in [5.41, 5.74) is 5.97. The quantitative estimate of drug-likeness (QED) is 0.336. The number of rotatable bonds is 8. The van der Waals surface area contributed by atoms with Gasteiger partial charge in [-0.25, -0.2) is 4.79 Å². The number of aromatic nitrogens is 1. The number of aryl methyl sites for hydroxylation is 1. The Bertz CT molecular complexity index is 1090. The summed E-state index contributed by atoms with van der Waals surface area (Å²) in [7, 11) is 0. The van der Waals surface area contributed by atoms with Gasteiger partial charge in [-0.15, -0.1) is 0 Å². The number of nitrogens with zero attached hydrogens (tertiary/aromatic N) is 2. The van der Waals surface area contributed by atoms with Gasteiger partial charge in [-0.05, 0) is 31.9 Å². The minimum atomic E-state index is -0.468. The Labute approximate surface area is 175 Å². The first-order valence-electron chi connectivity index (χ1n) is 9.92. The monoisotopic (exact) mass is 406 g/mol. The number of anilines is 1. The Balaban J connectivity index is 1.63. The van der Waals surface area contributed by atoms with Crippen LogP contribution in [0.2, 0.25) is 0 Å². The van der Waals surface area contributed by atoms with Crippen LogP contribution in [-0.2, 0) is 17.9 Å². The molecule has 1 aromatic heterocycles. The molecule has 7 heteroatoms. The van der Waals surface area contributed by atoms with E-state index in [-0.39, 0.29) is 12.2 Å². The third-order valence-corrected chi connectivity index (χ3v) is 4.75. The first kappa shape index (κ1) is 21.1. The zero-order valence-electron chi connectivity index (χ0n) is 17.2. The van der Waals surface area contributed by atoms with Crippen molar-refractivity contribution in [1.29, 1.82) is 0 Å². The van der Waals surface area contributed by atoms with E-state index in [1.165, 1.54) is 0 Å². The summed E-state index contributed by atoms with van der Waals surface area (Å²) in [6.07, 6.45) is 1.77. The molecule has 7 nitrogen and oxygen atoms in total. The normalized spacial score (nSPS) is 11.0. The van der Waals surface area contributed by atoms with Crippen molar-refractivity contribution in [2.45, 2.75) is 33.4 Å². The minimum absolute atomic E-state index is 0.0749. The molecule has 0 saturated carbocycles. The zero-order valence-corrected chi connectivity index (χ0v) is 17.2. The van der Waals surface area contributed by atoms with E-state index in [9.17, 15) is 9.59 Å². The van der Waals surface area contributed by atoms with Gasteiger partial charge < -0.3 is 14.6 Å². The summed E-state index contributed by atoms with van der Waals surface area (Å²) in [5.74, 6) is 0. The maximum absolute atomic E-state index is 12.9. The Morgan fingerprint density at radius 1 is 1.13 bits per heavy atom. The van der Waals surface area contributed by atoms with Crippen molar-refractivity contribution in [3.8, 4) is 0 Å². The van der Waals surface area contributed by atoms with Gasteiger partial charge in [-0.3, -0.25) is 10.2 Å². The van der Waals surface area contributed by atoms with E-state index in [1.54, 1.807) is 17.7 Å². The van der Waals surface area contributed by atoms with Gasteiger partial charge in [0.1, 0.15) is 6.61 Å². The molecule has 30 heavy (non-hydrogen) atoms. The number of pyridine rings is 1. The fourth-order valence-electron chi connectivity index (χ4n) is 3.24. The molecule has 0 fully saturated rings. The van der Waals surface area contributed by atoms with Crippen LogP contribution < -0.4 is 16.3 Å². The number of carbonyl (C=O) groups is 1. The molecule has 0 aliphatic carbocycles. The summed E-state index contributed by atoms with van der Waals surface area (Å²) in [6.45, 7) is 4.72. The summed E-state index contributed by atoms with van der Waals surface area (Å²) in [4.78, 5) is 24.8. The molecule has 0 saturated heterocycles. The number of fused-ring (bicyclic) bond motifs is 1. The zero-order chi connectivity index (χ0) is 21.3. The second-order valence-corrected chi connectivity index (χ2v) is 6.82. The van der Waals surface area contributed by atoms with E-state index in [1.807, 2.05) is 61.5 Å². The Kier molecular flexibility index (Phi) is 7.21. The topological polar surface area (TPSA) is 84.7 Å². The lowest BCUT2D eigenvalue weighted by Crippen LogP contribution is -2.28. The lowest BCUT2D eigenvalue weighted by molar-refractivity contribution is 0.139. The average molecular weight is 406 g/mol. The van der Waals surface area contributed by atoms with Gasteiger partial charge >= 0.3 is 6.09 Å². The molecule has 0 atom stereocenters. The standard InChI is InChI=1S/C23H26N4O3/c1-3-25-26-21-17(2)22(28)27(20-13-8-7-12-19(20)21)15-9-14-24-23(29)30-16-18-10-5-4-6-11-18/h3-8,10-13,26H,9,14-16H2,1-2H3,(H,24,29)/b25-3+. The molecule has 0 unspecified atom stereocenters. The molecule has 1 heterocycles. The lowest BCUT2D eigenvalue weighted by atomic mass is 10.1. The Hall–Kier alpha value is -3.61. The molecule has 1 amide bonds. The summed E-state index contributed by atoms with van der Waals surface area (Å²) in [5, 5.41) is 7.74.